The van der Waals surface area contributed by atoms with Crippen LogP contribution in [0.15, 0.2) is 36.9 Å². The molecule has 3 saturated carbocycles. The van der Waals surface area contributed by atoms with Crippen molar-refractivity contribution in [3.8, 4) is 11.6 Å². The molecule has 1 aromatic heterocycles. The number of sulfonamides is 1. The second kappa shape index (κ2) is 17.4. The Balaban J connectivity index is 1.13. The predicted molar refractivity (Wildman–Crippen MR) is 236 cm³/mol. The number of amides is 2. The molecular formula is C48H66N4O10S. The topological polar surface area (TPSA) is 171 Å². The van der Waals surface area contributed by atoms with Crippen LogP contribution >= 0.6 is 0 Å². The van der Waals surface area contributed by atoms with Crippen molar-refractivity contribution < 1.29 is 46.5 Å². The Morgan fingerprint density at radius 2 is 1.81 bits per heavy atom. The fourth-order valence-electron chi connectivity index (χ4n) is 10.0. The van der Waals surface area contributed by atoms with Gasteiger partial charge in [-0.15, -0.1) is 6.58 Å². The van der Waals surface area contributed by atoms with Crippen molar-refractivity contribution in [2.75, 3.05) is 46.0 Å². The number of carbonyl (C=O) groups is 4. The molecule has 5 fully saturated rings. The highest BCUT2D eigenvalue weighted by Crippen LogP contribution is 2.57. The number of aromatic nitrogens is 1. The van der Waals surface area contributed by atoms with E-state index in [4.69, 9.17) is 23.9 Å². The molecule has 344 valence electrons. The van der Waals surface area contributed by atoms with Gasteiger partial charge in [-0.2, -0.15) is 0 Å². The van der Waals surface area contributed by atoms with Gasteiger partial charge in [0.15, 0.2) is 5.78 Å². The van der Waals surface area contributed by atoms with Crippen LogP contribution < -0.4 is 14.2 Å². The molecule has 0 radical (unpaired) electrons. The van der Waals surface area contributed by atoms with Gasteiger partial charge in [0, 0.05) is 43.8 Å². The molecule has 3 aliphatic heterocycles. The summed E-state index contributed by atoms with van der Waals surface area (Å²) in [6.45, 7) is 17.5. The zero-order chi connectivity index (χ0) is 45.0. The number of ketones is 1. The van der Waals surface area contributed by atoms with Crippen LogP contribution in [-0.2, 0) is 45.1 Å². The van der Waals surface area contributed by atoms with E-state index in [0.29, 0.717) is 50.5 Å². The highest BCUT2D eigenvalue weighted by atomic mass is 32.2. The number of ether oxygens (including phenoxy) is 4. The summed E-state index contributed by atoms with van der Waals surface area (Å²) in [6.07, 6.45) is 6.81. The van der Waals surface area contributed by atoms with Crippen molar-refractivity contribution in [3.05, 3.63) is 42.5 Å². The molecule has 2 bridgehead atoms. The number of Topliss-reactive ketones (excluding diaryl/α,β-unsaturated/α-hetero) is 1. The van der Waals surface area contributed by atoms with Crippen LogP contribution in [-0.4, -0.2) is 115 Å². The molecule has 1 aromatic carbocycles. The first-order chi connectivity index (χ1) is 29.9. The van der Waals surface area contributed by atoms with Crippen LogP contribution in [0.3, 0.4) is 0 Å². The lowest BCUT2D eigenvalue weighted by atomic mass is 9.77. The zero-order valence-corrected chi connectivity index (χ0v) is 38.6. The molecule has 8 rings (SSSR count). The maximum Gasteiger partial charge on any atom is 0.307 e. The number of allylic oxidation sites excluding steroid dienone is 1. The lowest BCUT2D eigenvalue weighted by Crippen LogP contribution is -2.49. The summed E-state index contributed by atoms with van der Waals surface area (Å²) in [5.41, 5.74) is -1.05. The number of hydrogen-bond donors (Lipinski definition) is 1. The highest BCUT2D eigenvalue weighted by molar-refractivity contribution is 7.91. The third-order valence-electron chi connectivity index (χ3n) is 14.9. The summed E-state index contributed by atoms with van der Waals surface area (Å²) in [5, 5.41) is 0.881. The molecule has 4 heterocycles. The number of carbonyl (C=O) groups excluding carboxylic acids is 4. The van der Waals surface area contributed by atoms with Crippen LogP contribution in [0, 0.1) is 28.6 Å². The fourth-order valence-corrected chi connectivity index (χ4v) is 11.4. The van der Waals surface area contributed by atoms with E-state index in [2.05, 4.69) is 16.2 Å². The lowest BCUT2D eigenvalue weighted by molar-refractivity contribution is -0.158. The maximum absolute atomic E-state index is 15.0. The Bertz CT molecular complexity index is 2230. The largest absolute Gasteiger partial charge is 0.491 e. The van der Waals surface area contributed by atoms with E-state index in [1.807, 2.05) is 52.0 Å². The van der Waals surface area contributed by atoms with Crippen LogP contribution in [0.2, 0.25) is 0 Å². The zero-order valence-electron chi connectivity index (χ0n) is 37.7. The molecule has 0 unspecified atom stereocenters. The Kier molecular flexibility index (Phi) is 12.5. The van der Waals surface area contributed by atoms with Crippen molar-refractivity contribution in [1.29, 1.82) is 0 Å². The molecule has 6 aliphatic rings. The molecule has 3 aliphatic carbocycles. The van der Waals surface area contributed by atoms with Crippen LogP contribution in [0.1, 0.15) is 111 Å². The Labute approximate surface area is 372 Å². The van der Waals surface area contributed by atoms with Crippen molar-refractivity contribution in [2.45, 2.75) is 134 Å². The summed E-state index contributed by atoms with van der Waals surface area (Å²) in [5.74, 6) is -1.81. The average Bonchev–Trinajstić information content (AvgIpc) is 4.19. The number of esters is 1. The Hall–Kier alpha value is -4.08. The van der Waals surface area contributed by atoms with Crippen LogP contribution in [0.5, 0.6) is 11.6 Å². The monoisotopic (exact) mass is 890 g/mol. The second-order valence-electron chi connectivity index (χ2n) is 20.7. The number of rotatable bonds is 11. The number of hydrogen-bond acceptors (Lipinski definition) is 12. The number of fused-ring (bicyclic) bond motifs is 5. The van der Waals surface area contributed by atoms with Gasteiger partial charge in [-0.05, 0) is 82.3 Å². The predicted octanol–water partition coefficient (Wildman–Crippen LogP) is 5.93. The van der Waals surface area contributed by atoms with Gasteiger partial charge >= 0.3 is 5.97 Å². The van der Waals surface area contributed by atoms with E-state index in [-0.39, 0.29) is 49.8 Å². The van der Waals surface area contributed by atoms with Crippen molar-refractivity contribution in [2.24, 2.45) is 28.6 Å². The number of pyridine rings is 1. The molecule has 63 heavy (non-hydrogen) atoms. The molecular weight excluding hydrogens is 825 g/mol. The molecule has 2 aromatic rings. The minimum atomic E-state index is -3.97. The quantitative estimate of drug-likeness (QED) is 0.209. The summed E-state index contributed by atoms with van der Waals surface area (Å²) in [4.78, 5) is 66.4. The van der Waals surface area contributed by atoms with Gasteiger partial charge in [0.05, 0.1) is 59.4 Å². The normalized spacial score (nSPS) is 31.3. The molecule has 15 heteroatoms. The number of nitrogens with one attached hydrogen (secondary N) is 1. The van der Waals surface area contributed by atoms with Crippen molar-refractivity contribution >= 4 is 44.5 Å². The van der Waals surface area contributed by atoms with E-state index in [0.717, 1.165) is 68.4 Å². The fraction of sp³-hybridized carbons (Fsp3) is 0.688. The summed E-state index contributed by atoms with van der Waals surface area (Å²) < 4.78 is 53.0. The Morgan fingerprint density at radius 1 is 1.06 bits per heavy atom. The molecule has 2 amide bonds. The van der Waals surface area contributed by atoms with Gasteiger partial charge < -0.3 is 23.8 Å². The maximum atomic E-state index is 15.0. The van der Waals surface area contributed by atoms with Gasteiger partial charge in [0.25, 0.3) is 0 Å². The van der Waals surface area contributed by atoms with Crippen molar-refractivity contribution in [1.82, 2.24) is 19.5 Å². The van der Waals surface area contributed by atoms with Gasteiger partial charge in [-0.3, -0.25) is 28.8 Å². The first-order valence-corrected chi connectivity index (χ1v) is 24.6. The molecule has 14 nitrogen and oxygen atoms in total. The third kappa shape index (κ3) is 9.52. The molecule has 1 N–H and O–H groups in total. The minimum absolute atomic E-state index is 0.0364. The van der Waals surface area contributed by atoms with E-state index >= 15 is 4.79 Å². The minimum Gasteiger partial charge on any atom is -0.491 e. The van der Waals surface area contributed by atoms with Gasteiger partial charge in [-0.1, -0.05) is 51.8 Å². The highest BCUT2D eigenvalue weighted by Gasteiger charge is 2.63. The van der Waals surface area contributed by atoms with E-state index < -0.39 is 67.1 Å². The SMILES string of the molecule is C=C[C@@H]1C[C@]1(CC(=O)[C@@H]1C[C@@H]2CN1C(=O)[C@H](C(C)(C)C)CC(=O)O[C@]1(C)C[C@H]1CCCCCc1c(nc3ccccc3c1OCCN1CCOCC1)O2)C(=O)NS(=O)(=O)C1(C)CC1. The first-order valence-electron chi connectivity index (χ1n) is 23.1. The third-order valence-corrected chi connectivity index (χ3v) is 17.1. The summed E-state index contributed by atoms with van der Waals surface area (Å²) >= 11 is 0. The summed E-state index contributed by atoms with van der Waals surface area (Å²) in [6, 6.07) is 6.82. The smallest absolute Gasteiger partial charge is 0.307 e. The van der Waals surface area contributed by atoms with E-state index in [1.165, 1.54) is 4.90 Å². The molecule has 2 saturated heterocycles. The Morgan fingerprint density at radius 3 is 2.51 bits per heavy atom. The number of benzene rings is 1. The van der Waals surface area contributed by atoms with Crippen molar-refractivity contribution in [3.63, 3.8) is 0 Å². The lowest BCUT2D eigenvalue weighted by Gasteiger charge is -2.35. The molecule has 7 atom stereocenters. The van der Waals surface area contributed by atoms with Gasteiger partial charge in [-0.25, -0.2) is 13.4 Å². The average molecular weight is 891 g/mol. The van der Waals surface area contributed by atoms with Crippen LogP contribution in [0.25, 0.3) is 10.9 Å². The number of nitrogens with zero attached hydrogens (tertiary/aromatic N) is 3. The number of para-hydroxylation sites is 1. The van der Waals surface area contributed by atoms with Gasteiger partial charge in [0.1, 0.15) is 24.1 Å². The number of morpholine rings is 1. The van der Waals surface area contributed by atoms with Crippen LogP contribution in [0.4, 0.5) is 0 Å². The van der Waals surface area contributed by atoms with E-state index in [9.17, 15) is 22.8 Å². The van der Waals surface area contributed by atoms with E-state index in [1.54, 1.807) is 13.0 Å². The summed E-state index contributed by atoms with van der Waals surface area (Å²) in [7, 11) is -3.97. The first kappa shape index (κ1) is 45.5. The molecule has 0 spiro atoms. The second-order valence-corrected chi connectivity index (χ2v) is 22.9. The standard InChI is InChI=1S/C48H66N4O10S/c1-7-31-28-48(31,44(56)50-63(57,58)46(5)17-18-46)29-39(53)38-25-33-30-52(38)43(55)36(45(2,3)4)26-40(54)62-47(6)27-32(47)13-9-8-10-15-35-41(60-24-21-51-19-22-59-23-20-51)34-14-11-12-16-37(34)49-42(35)61-33/h7,11-12,14,16,31-33,36,38H,1,8-10,13,15,17-30H2,2-6H3,(H,50,56)/t31-,32-,33-,36-,38+,47-,48-/m1/s1. The van der Waals surface area contributed by atoms with Gasteiger partial charge in [0.2, 0.25) is 27.7 Å².